The summed E-state index contributed by atoms with van der Waals surface area (Å²) in [5.74, 6) is 0. The van der Waals surface area contributed by atoms with Crippen molar-refractivity contribution in [3.8, 4) is 0 Å². The molecule has 0 rings (SSSR count). The van der Waals surface area contributed by atoms with Crippen molar-refractivity contribution in [2.45, 2.75) is 6.16 Å². The molecular formula is C2H5NO6. The molecule has 0 aromatic heterocycles. The summed E-state index contributed by atoms with van der Waals surface area (Å²) < 4.78 is 0. The number of hydrogen-bond donors (Lipinski definition) is 4. The molecule has 0 saturated carbocycles. The molecule has 0 atom stereocenters. The zero-order valence-electron chi connectivity index (χ0n) is 4.14. The predicted octanol–water partition coefficient (Wildman–Crippen LogP) is -2.40. The highest BCUT2D eigenvalue weighted by Crippen LogP contribution is 1.94. The third-order valence-corrected chi connectivity index (χ3v) is 0.236. The van der Waals surface area contributed by atoms with Crippen LogP contribution in [-0.2, 0) is 9.78 Å². The summed E-state index contributed by atoms with van der Waals surface area (Å²) in [6.07, 6.45) is -4.90. The van der Waals surface area contributed by atoms with Gasteiger partial charge in [-0.2, -0.15) is 0 Å². The van der Waals surface area contributed by atoms with E-state index in [2.05, 4.69) is 15.5 Å². The van der Waals surface area contributed by atoms with Crippen LogP contribution in [0.15, 0.2) is 0 Å². The molecule has 0 unspecified atom stereocenters. The molecule has 0 fully saturated rings. The molecule has 0 heterocycles. The number of carbonyl (C=O) groups is 1. The average Bonchev–Trinajstić information content (AvgIpc) is 1.59. The first-order valence-corrected chi connectivity index (χ1v) is 1.74. The molecule has 0 bridgehead atoms. The van der Waals surface area contributed by atoms with E-state index in [1.807, 2.05) is 0 Å². The summed E-state index contributed by atoms with van der Waals surface area (Å²) >= 11 is 0. The molecule has 5 N–H and O–H groups in total. The van der Waals surface area contributed by atoms with Crippen LogP contribution in [0.25, 0.3) is 0 Å². The molecular weight excluding hydrogens is 134 g/mol. The van der Waals surface area contributed by atoms with E-state index in [1.54, 1.807) is 0 Å². The van der Waals surface area contributed by atoms with Gasteiger partial charge >= 0.3 is 12.3 Å². The number of primary amides is 1. The molecule has 0 aliphatic heterocycles. The Bertz CT molecular complexity index is 104. The van der Waals surface area contributed by atoms with E-state index in [4.69, 9.17) is 15.3 Å². The number of aliphatic hydroxyl groups is 3. The van der Waals surface area contributed by atoms with Crippen LogP contribution in [0.2, 0.25) is 0 Å². The van der Waals surface area contributed by atoms with Crippen molar-refractivity contribution in [3.63, 3.8) is 0 Å². The van der Waals surface area contributed by atoms with E-state index in [9.17, 15) is 4.79 Å². The zero-order valence-corrected chi connectivity index (χ0v) is 4.14. The Balaban J connectivity index is 3.39. The molecule has 9 heavy (non-hydrogen) atoms. The topological polar surface area (TPSA) is 122 Å². The Morgan fingerprint density at radius 3 is 2.00 bits per heavy atom. The second kappa shape index (κ2) is 2.60. The van der Waals surface area contributed by atoms with Crippen LogP contribution in [0.1, 0.15) is 0 Å². The van der Waals surface area contributed by atoms with Gasteiger partial charge in [-0.15, -0.1) is 0 Å². The highest BCUT2D eigenvalue weighted by atomic mass is 17.3. The fraction of sp³-hybridized carbons (Fsp3) is 0.500. The van der Waals surface area contributed by atoms with Crippen molar-refractivity contribution in [2.24, 2.45) is 5.73 Å². The molecule has 1 amide bonds. The van der Waals surface area contributed by atoms with Gasteiger partial charge in [0.15, 0.2) is 0 Å². The summed E-state index contributed by atoms with van der Waals surface area (Å²) in [6.45, 7) is 0. The maximum Gasteiger partial charge on any atom is 0.441 e. The van der Waals surface area contributed by atoms with Crippen molar-refractivity contribution in [1.29, 1.82) is 0 Å². The maximum atomic E-state index is 9.59. The molecule has 0 radical (unpaired) electrons. The lowest BCUT2D eigenvalue weighted by molar-refractivity contribution is -0.543. The molecule has 7 heteroatoms. The Morgan fingerprint density at radius 1 is 1.44 bits per heavy atom. The minimum absolute atomic E-state index is 1.41. The fourth-order valence-electron chi connectivity index (χ4n) is 0.0970. The van der Waals surface area contributed by atoms with Gasteiger partial charge in [0.25, 0.3) is 0 Å². The first-order chi connectivity index (χ1) is 3.92. The van der Waals surface area contributed by atoms with Gasteiger partial charge in [0.1, 0.15) is 0 Å². The normalized spacial score (nSPS) is 11.0. The van der Waals surface area contributed by atoms with E-state index >= 15 is 0 Å². The largest absolute Gasteiger partial charge is 0.441 e. The minimum atomic E-state index is -3.49. The Hall–Kier alpha value is -0.890. The Labute approximate surface area is 49.1 Å². The van der Waals surface area contributed by atoms with E-state index < -0.39 is 12.3 Å². The van der Waals surface area contributed by atoms with Crippen molar-refractivity contribution in [2.75, 3.05) is 0 Å². The SMILES string of the molecule is NC(=O)OOC(O)(O)O. The van der Waals surface area contributed by atoms with E-state index in [-0.39, 0.29) is 0 Å². The summed E-state index contributed by atoms with van der Waals surface area (Å²) in [6, 6.07) is 0. The average molecular weight is 139 g/mol. The maximum absolute atomic E-state index is 9.59. The molecule has 0 aromatic rings. The van der Waals surface area contributed by atoms with Crippen LogP contribution in [0.4, 0.5) is 4.79 Å². The van der Waals surface area contributed by atoms with Crippen molar-refractivity contribution >= 4 is 6.09 Å². The quantitative estimate of drug-likeness (QED) is 0.192. The fourth-order valence-corrected chi connectivity index (χ4v) is 0.0970. The standard InChI is InChI=1S/C2H5NO6/c3-1(4)8-9-2(5,6)7/h5-7H,(H2,3,4). The van der Waals surface area contributed by atoms with Crippen LogP contribution in [0.3, 0.4) is 0 Å². The molecule has 0 aliphatic rings. The number of rotatable bonds is 2. The lowest BCUT2D eigenvalue weighted by Gasteiger charge is -2.09. The third-order valence-electron chi connectivity index (χ3n) is 0.236. The highest BCUT2D eigenvalue weighted by Gasteiger charge is 2.22. The van der Waals surface area contributed by atoms with Gasteiger partial charge in [-0.1, -0.05) is 4.89 Å². The van der Waals surface area contributed by atoms with Crippen LogP contribution in [-0.4, -0.2) is 27.6 Å². The monoisotopic (exact) mass is 139 g/mol. The lowest BCUT2D eigenvalue weighted by atomic mass is 11.2. The smallest absolute Gasteiger partial charge is 0.333 e. The summed E-state index contributed by atoms with van der Waals surface area (Å²) in [5, 5.41) is 23.5. The summed E-state index contributed by atoms with van der Waals surface area (Å²) in [4.78, 5) is 16.1. The van der Waals surface area contributed by atoms with Gasteiger partial charge in [-0.3, -0.25) is 4.89 Å². The number of nitrogens with two attached hydrogens (primary N) is 1. The van der Waals surface area contributed by atoms with E-state index in [0.717, 1.165) is 0 Å². The van der Waals surface area contributed by atoms with Gasteiger partial charge in [-0.05, 0) is 0 Å². The van der Waals surface area contributed by atoms with E-state index in [1.165, 1.54) is 0 Å². The van der Waals surface area contributed by atoms with Crippen LogP contribution in [0.5, 0.6) is 0 Å². The molecule has 0 saturated heterocycles. The van der Waals surface area contributed by atoms with Gasteiger partial charge in [-0.25, -0.2) is 4.79 Å². The van der Waals surface area contributed by atoms with Gasteiger partial charge < -0.3 is 21.1 Å². The molecule has 54 valence electrons. The molecule has 0 spiro atoms. The van der Waals surface area contributed by atoms with Crippen LogP contribution >= 0.6 is 0 Å². The van der Waals surface area contributed by atoms with Crippen LogP contribution < -0.4 is 5.73 Å². The third kappa shape index (κ3) is 7.11. The van der Waals surface area contributed by atoms with Gasteiger partial charge in [0.2, 0.25) is 0 Å². The van der Waals surface area contributed by atoms with Gasteiger partial charge in [0.05, 0.1) is 0 Å². The molecule has 0 aliphatic carbocycles. The summed E-state index contributed by atoms with van der Waals surface area (Å²) in [7, 11) is 0. The Morgan fingerprint density at radius 2 is 1.89 bits per heavy atom. The van der Waals surface area contributed by atoms with Crippen molar-refractivity contribution in [1.82, 2.24) is 0 Å². The first kappa shape index (κ1) is 8.11. The van der Waals surface area contributed by atoms with Crippen molar-refractivity contribution in [3.05, 3.63) is 0 Å². The second-order valence-electron chi connectivity index (χ2n) is 1.06. The lowest BCUT2D eigenvalue weighted by Crippen LogP contribution is -2.33. The van der Waals surface area contributed by atoms with Crippen molar-refractivity contribution < 1.29 is 29.9 Å². The number of amides is 1. The predicted molar refractivity (Wildman–Crippen MR) is 21.1 cm³/mol. The molecule has 0 aromatic carbocycles. The van der Waals surface area contributed by atoms with Crippen LogP contribution in [0, 0.1) is 0 Å². The minimum Gasteiger partial charge on any atom is -0.333 e. The number of hydrogen-bond acceptors (Lipinski definition) is 6. The van der Waals surface area contributed by atoms with E-state index in [0.29, 0.717) is 0 Å². The highest BCUT2D eigenvalue weighted by molar-refractivity contribution is 5.63. The molecule has 7 nitrogen and oxygen atoms in total. The summed E-state index contributed by atoms with van der Waals surface area (Å²) in [5.41, 5.74) is 4.28. The van der Waals surface area contributed by atoms with Gasteiger partial charge in [0, 0.05) is 0 Å². The Kier molecular flexibility index (Phi) is 2.34. The number of carbonyl (C=O) groups excluding carboxylic acids is 1. The second-order valence-corrected chi connectivity index (χ2v) is 1.06. The first-order valence-electron chi connectivity index (χ1n) is 1.74. The zero-order chi connectivity index (χ0) is 7.49.